The molecule has 1 fully saturated rings. The summed E-state index contributed by atoms with van der Waals surface area (Å²) < 4.78 is 5.00. The minimum Gasteiger partial charge on any atom is -0.449 e. The average Bonchev–Trinajstić information content (AvgIpc) is 2.80. The molecule has 0 aromatic heterocycles. The quantitative estimate of drug-likeness (QED) is 0.852. The Morgan fingerprint density at radius 3 is 2.52 bits per heavy atom. The molecule has 1 N–H and O–H groups in total. The predicted molar refractivity (Wildman–Crippen MR) is 97.4 cm³/mol. The van der Waals surface area contributed by atoms with Crippen LogP contribution >= 0.6 is 0 Å². The van der Waals surface area contributed by atoms with E-state index in [-0.39, 0.29) is 23.5 Å². The monoisotopic (exact) mass is 347 g/mol. The van der Waals surface area contributed by atoms with Gasteiger partial charge in [-0.2, -0.15) is 0 Å². The van der Waals surface area contributed by atoms with Crippen molar-refractivity contribution in [2.45, 2.75) is 46.1 Å². The van der Waals surface area contributed by atoms with Crippen LogP contribution < -0.4 is 5.32 Å². The van der Waals surface area contributed by atoms with Crippen LogP contribution in [0.15, 0.2) is 36.3 Å². The Labute approximate surface area is 150 Å². The third-order valence-electron chi connectivity index (χ3n) is 4.13. The van der Waals surface area contributed by atoms with Crippen LogP contribution in [0.2, 0.25) is 0 Å². The van der Waals surface area contributed by atoms with E-state index in [0.717, 1.165) is 31.6 Å². The molecule has 1 saturated heterocycles. The summed E-state index contributed by atoms with van der Waals surface area (Å²) in [6, 6.07) is 0. The number of ether oxygens (including phenoxy) is 1. The number of piperidine rings is 1. The van der Waals surface area contributed by atoms with Crippen LogP contribution in [0, 0.1) is 5.92 Å². The molecule has 2 aliphatic heterocycles. The highest BCUT2D eigenvalue weighted by atomic mass is 16.5. The van der Waals surface area contributed by atoms with Gasteiger partial charge in [-0.25, -0.2) is 4.79 Å². The number of nitrogens with one attached hydrogen (secondary N) is 1. The largest absolute Gasteiger partial charge is 0.449 e. The highest BCUT2D eigenvalue weighted by Gasteiger charge is 2.27. The van der Waals surface area contributed by atoms with Gasteiger partial charge in [0.1, 0.15) is 0 Å². The van der Waals surface area contributed by atoms with Gasteiger partial charge in [0.2, 0.25) is 5.91 Å². The van der Waals surface area contributed by atoms with Crippen molar-refractivity contribution in [2.24, 2.45) is 5.92 Å². The maximum atomic E-state index is 12.3. The molecule has 2 amide bonds. The van der Waals surface area contributed by atoms with E-state index < -0.39 is 0 Å². The smallest absolute Gasteiger partial charge is 0.417 e. The lowest BCUT2D eigenvalue weighted by atomic mass is 9.94. The van der Waals surface area contributed by atoms with Gasteiger partial charge in [-0.15, -0.1) is 0 Å². The molecule has 2 heterocycles. The second kappa shape index (κ2) is 8.23. The molecule has 2 aliphatic rings. The lowest BCUT2D eigenvalue weighted by molar-refractivity contribution is -0.127. The molecule has 6 heteroatoms. The normalized spacial score (nSPS) is 18.6. The number of carbonyl (C=O) groups excluding carboxylic acids is 2. The number of hydrogen-bond acceptors (Lipinski definition) is 4. The van der Waals surface area contributed by atoms with Gasteiger partial charge in [0.05, 0.1) is 6.61 Å². The molecule has 0 aliphatic carbocycles. The summed E-state index contributed by atoms with van der Waals surface area (Å²) in [6.45, 7) is 9.79. The first-order valence-electron chi connectivity index (χ1n) is 8.89. The van der Waals surface area contributed by atoms with E-state index in [2.05, 4.69) is 10.2 Å². The molecule has 0 spiro atoms. The maximum absolute atomic E-state index is 12.3. The number of carbonyl (C=O) groups is 2. The highest BCUT2D eigenvalue weighted by Crippen LogP contribution is 2.23. The van der Waals surface area contributed by atoms with Crippen molar-refractivity contribution in [3.8, 4) is 0 Å². The summed E-state index contributed by atoms with van der Waals surface area (Å²) in [4.78, 5) is 27.8. The summed E-state index contributed by atoms with van der Waals surface area (Å²) in [7, 11) is 0. The SMILES string of the molecule is CCOC(=O)N1C=CC=C(N2CCC(C(=O)NC(C)(C)C)CC2)C=C1. The van der Waals surface area contributed by atoms with Crippen LogP contribution in [0.4, 0.5) is 4.79 Å². The zero-order valence-electron chi connectivity index (χ0n) is 15.6. The van der Waals surface area contributed by atoms with Crippen LogP contribution in [0.5, 0.6) is 0 Å². The summed E-state index contributed by atoms with van der Waals surface area (Å²) in [5.74, 6) is 0.211. The van der Waals surface area contributed by atoms with Crippen molar-refractivity contribution < 1.29 is 14.3 Å². The zero-order chi connectivity index (χ0) is 18.4. The van der Waals surface area contributed by atoms with E-state index in [0.29, 0.717) is 6.61 Å². The van der Waals surface area contributed by atoms with Crippen molar-refractivity contribution in [1.29, 1.82) is 0 Å². The number of amides is 2. The Balaban J connectivity index is 1.90. The third-order valence-corrected chi connectivity index (χ3v) is 4.13. The molecule has 2 rings (SSSR count). The Hall–Kier alpha value is -2.24. The Kier molecular flexibility index (Phi) is 6.28. The van der Waals surface area contributed by atoms with Crippen molar-refractivity contribution in [1.82, 2.24) is 15.1 Å². The van der Waals surface area contributed by atoms with Gasteiger partial charge in [0.15, 0.2) is 0 Å². The topological polar surface area (TPSA) is 61.9 Å². The molecule has 0 aromatic rings. The van der Waals surface area contributed by atoms with Crippen molar-refractivity contribution >= 4 is 12.0 Å². The van der Waals surface area contributed by atoms with Gasteiger partial charge >= 0.3 is 6.09 Å². The van der Waals surface area contributed by atoms with Crippen LogP contribution in [-0.4, -0.2) is 47.0 Å². The van der Waals surface area contributed by atoms with Crippen LogP contribution in [0.3, 0.4) is 0 Å². The zero-order valence-corrected chi connectivity index (χ0v) is 15.6. The molecule has 25 heavy (non-hydrogen) atoms. The van der Waals surface area contributed by atoms with Crippen molar-refractivity contribution in [3.63, 3.8) is 0 Å². The molecule has 0 radical (unpaired) electrons. The molecular formula is C19H29N3O3. The molecule has 6 nitrogen and oxygen atoms in total. The second-order valence-electron chi connectivity index (χ2n) is 7.36. The first-order valence-corrected chi connectivity index (χ1v) is 8.89. The van der Waals surface area contributed by atoms with E-state index in [1.807, 2.05) is 39.0 Å². The molecular weight excluding hydrogens is 318 g/mol. The fourth-order valence-electron chi connectivity index (χ4n) is 2.90. The Morgan fingerprint density at radius 2 is 1.92 bits per heavy atom. The van der Waals surface area contributed by atoms with Crippen molar-refractivity contribution in [3.05, 3.63) is 36.3 Å². The standard InChI is InChI=1S/C19H29N3O3/c1-5-25-18(24)22-11-6-7-16(10-14-22)21-12-8-15(9-13-21)17(23)20-19(2,3)4/h6-7,10-11,14-15H,5,8-9,12-13H2,1-4H3,(H,20,23). The van der Waals surface area contributed by atoms with Gasteiger partial charge in [-0.1, -0.05) is 0 Å². The van der Waals surface area contributed by atoms with Crippen LogP contribution in [0.1, 0.15) is 40.5 Å². The average molecular weight is 347 g/mol. The van der Waals surface area contributed by atoms with E-state index in [4.69, 9.17) is 4.74 Å². The molecule has 0 saturated carbocycles. The van der Waals surface area contributed by atoms with Crippen LogP contribution in [0.25, 0.3) is 0 Å². The van der Waals surface area contributed by atoms with E-state index in [1.54, 1.807) is 19.3 Å². The van der Waals surface area contributed by atoms with E-state index in [1.165, 1.54) is 4.90 Å². The van der Waals surface area contributed by atoms with Crippen molar-refractivity contribution in [2.75, 3.05) is 19.7 Å². The first-order chi connectivity index (χ1) is 11.8. The first kappa shape index (κ1) is 19.1. The highest BCUT2D eigenvalue weighted by molar-refractivity contribution is 5.79. The molecule has 0 aromatic carbocycles. The molecule has 0 atom stereocenters. The van der Waals surface area contributed by atoms with Gasteiger partial charge in [0, 0.05) is 42.6 Å². The van der Waals surface area contributed by atoms with Gasteiger partial charge in [-0.05, 0) is 58.8 Å². The number of rotatable bonds is 3. The summed E-state index contributed by atoms with van der Waals surface area (Å²) >= 11 is 0. The lowest BCUT2D eigenvalue weighted by Gasteiger charge is -2.34. The molecule has 0 bridgehead atoms. The number of likely N-dealkylation sites (tertiary alicyclic amines) is 1. The fourth-order valence-corrected chi connectivity index (χ4v) is 2.90. The van der Waals surface area contributed by atoms with Gasteiger partial charge in [-0.3, -0.25) is 9.69 Å². The van der Waals surface area contributed by atoms with E-state index >= 15 is 0 Å². The minimum absolute atomic E-state index is 0.0670. The Bertz CT molecular complexity index is 579. The second-order valence-corrected chi connectivity index (χ2v) is 7.36. The lowest BCUT2D eigenvalue weighted by Crippen LogP contribution is -2.46. The summed E-state index contributed by atoms with van der Waals surface area (Å²) in [6.07, 6.45) is 10.4. The van der Waals surface area contributed by atoms with E-state index in [9.17, 15) is 9.59 Å². The van der Waals surface area contributed by atoms with Gasteiger partial charge < -0.3 is 15.0 Å². The summed E-state index contributed by atoms with van der Waals surface area (Å²) in [5.41, 5.74) is 0.847. The maximum Gasteiger partial charge on any atom is 0.417 e. The minimum atomic E-state index is -0.387. The van der Waals surface area contributed by atoms with Crippen LogP contribution in [-0.2, 0) is 9.53 Å². The predicted octanol–water partition coefficient (Wildman–Crippen LogP) is 3.00. The number of allylic oxidation sites excluding steroid dienone is 3. The van der Waals surface area contributed by atoms with Gasteiger partial charge in [0.25, 0.3) is 0 Å². The third kappa shape index (κ3) is 5.66. The molecule has 0 unspecified atom stereocenters. The fraction of sp³-hybridized carbons (Fsp3) is 0.579. The molecule has 138 valence electrons. The number of nitrogens with zero attached hydrogens (tertiary/aromatic N) is 2. The Morgan fingerprint density at radius 1 is 1.24 bits per heavy atom. The summed E-state index contributed by atoms with van der Waals surface area (Å²) in [5, 5.41) is 3.07. The number of hydrogen-bond donors (Lipinski definition) is 1.